The molecule has 22 heavy (non-hydrogen) atoms. The normalized spacial score (nSPS) is 12.3. The van der Waals surface area contributed by atoms with E-state index >= 15 is 0 Å². The van der Waals surface area contributed by atoms with Crippen LogP contribution in [0.15, 0.2) is 24.4 Å². The number of methoxy groups -OCH3 is 1. The Hall–Kier alpha value is -2.09. The fraction of sp³-hybridized carbons (Fsp3) is 0.400. The standard InChI is InChI=1S/C15H20N2O5/c1-19-15(18)9-21-12-3-4-14-13(6-12)10(7-17-14)5-11(16)8-22-20-2/h3-4,6-7,11,17H,5,8-9,16H2,1-2H3. The van der Waals surface area contributed by atoms with Gasteiger partial charge in [0, 0.05) is 23.1 Å². The number of carbonyl (C=O) groups is 1. The van der Waals surface area contributed by atoms with E-state index in [9.17, 15) is 4.79 Å². The number of hydrogen-bond donors (Lipinski definition) is 2. The number of benzene rings is 1. The molecule has 0 spiro atoms. The second kappa shape index (κ2) is 7.79. The highest BCUT2D eigenvalue weighted by molar-refractivity contribution is 5.84. The molecule has 1 atom stereocenters. The van der Waals surface area contributed by atoms with Gasteiger partial charge in [0.25, 0.3) is 0 Å². The lowest BCUT2D eigenvalue weighted by molar-refractivity contribution is -0.274. The largest absolute Gasteiger partial charge is 0.482 e. The molecule has 1 heterocycles. The third-order valence-electron chi connectivity index (χ3n) is 3.21. The summed E-state index contributed by atoms with van der Waals surface area (Å²) in [4.78, 5) is 23.7. The van der Waals surface area contributed by atoms with Gasteiger partial charge in [0.1, 0.15) is 5.75 Å². The van der Waals surface area contributed by atoms with Crippen molar-refractivity contribution in [1.82, 2.24) is 4.98 Å². The zero-order valence-electron chi connectivity index (χ0n) is 12.6. The van der Waals surface area contributed by atoms with Crippen molar-refractivity contribution in [1.29, 1.82) is 0 Å². The Balaban J connectivity index is 2.09. The first-order valence-corrected chi connectivity index (χ1v) is 6.85. The number of fused-ring (bicyclic) bond motifs is 1. The van der Waals surface area contributed by atoms with Gasteiger partial charge in [-0.15, -0.1) is 0 Å². The Labute approximate surface area is 128 Å². The highest BCUT2D eigenvalue weighted by Crippen LogP contribution is 2.24. The van der Waals surface area contributed by atoms with E-state index < -0.39 is 5.97 Å². The van der Waals surface area contributed by atoms with E-state index in [1.54, 1.807) is 6.07 Å². The van der Waals surface area contributed by atoms with Gasteiger partial charge in [-0.3, -0.25) is 0 Å². The minimum absolute atomic E-state index is 0.122. The van der Waals surface area contributed by atoms with Gasteiger partial charge in [-0.2, -0.15) is 0 Å². The Morgan fingerprint density at radius 2 is 2.18 bits per heavy atom. The molecule has 0 fully saturated rings. The van der Waals surface area contributed by atoms with Gasteiger partial charge >= 0.3 is 5.97 Å². The van der Waals surface area contributed by atoms with Crippen molar-refractivity contribution in [2.45, 2.75) is 12.5 Å². The van der Waals surface area contributed by atoms with Crippen LogP contribution in [0, 0.1) is 0 Å². The summed E-state index contributed by atoms with van der Waals surface area (Å²) < 4.78 is 9.94. The second-order valence-corrected chi connectivity index (χ2v) is 4.80. The number of aromatic nitrogens is 1. The number of H-pyrrole nitrogens is 1. The van der Waals surface area contributed by atoms with Crippen molar-refractivity contribution >= 4 is 16.9 Å². The Kier molecular flexibility index (Phi) is 5.76. The number of ether oxygens (including phenoxy) is 2. The van der Waals surface area contributed by atoms with Crippen LogP contribution in [0.3, 0.4) is 0 Å². The van der Waals surface area contributed by atoms with Crippen LogP contribution >= 0.6 is 0 Å². The molecule has 0 aliphatic rings. The lowest BCUT2D eigenvalue weighted by atomic mass is 10.1. The molecule has 1 aromatic carbocycles. The van der Waals surface area contributed by atoms with Crippen molar-refractivity contribution in [2.24, 2.45) is 5.73 Å². The van der Waals surface area contributed by atoms with E-state index in [2.05, 4.69) is 14.6 Å². The molecule has 3 N–H and O–H groups in total. The van der Waals surface area contributed by atoms with Crippen LogP contribution in [-0.4, -0.2) is 44.4 Å². The summed E-state index contributed by atoms with van der Waals surface area (Å²) >= 11 is 0. The molecule has 0 saturated heterocycles. The van der Waals surface area contributed by atoms with Crippen LogP contribution in [0.25, 0.3) is 10.9 Å². The van der Waals surface area contributed by atoms with Crippen LogP contribution in [0.1, 0.15) is 5.56 Å². The van der Waals surface area contributed by atoms with E-state index in [1.165, 1.54) is 14.2 Å². The first-order chi connectivity index (χ1) is 10.6. The quantitative estimate of drug-likeness (QED) is 0.432. The van der Waals surface area contributed by atoms with E-state index in [4.69, 9.17) is 15.4 Å². The minimum Gasteiger partial charge on any atom is -0.482 e. The zero-order chi connectivity index (χ0) is 15.9. The highest BCUT2D eigenvalue weighted by atomic mass is 17.2. The molecule has 0 amide bonds. The third kappa shape index (κ3) is 4.20. The SMILES string of the molecule is COOCC(N)Cc1c[nH]c2ccc(OCC(=O)OC)cc12. The van der Waals surface area contributed by atoms with E-state index in [-0.39, 0.29) is 12.6 Å². The molecule has 7 heteroatoms. The number of rotatable bonds is 8. The average molecular weight is 308 g/mol. The van der Waals surface area contributed by atoms with Crippen LogP contribution in [-0.2, 0) is 25.7 Å². The molecule has 120 valence electrons. The van der Waals surface area contributed by atoms with Crippen LogP contribution < -0.4 is 10.5 Å². The lowest BCUT2D eigenvalue weighted by Crippen LogP contribution is -2.28. The van der Waals surface area contributed by atoms with Crippen LogP contribution in [0.2, 0.25) is 0 Å². The maximum Gasteiger partial charge on any atom is 0.343 e. The first-order valence-electron chi connectivity index (χ1n) is 6.85. The number of hydrogen-bond acceptors (Lipinski definition) is 6. The van der Waals surface area contributed by atoms with Crippen LogP contribution in [0.5, 0.6) is 5.75 Å². The summed E-state index contributed by atoms with van der Waals surface area (Å²) in [5.74, 6) is 0.175. The van der Waals surface area contributed by atoms with Crippen molar-refractivity contribution in [3.63, 3.8) is 0 Å². The summed E-state index contributed by atoms with van der Waals surface area (Å²) in [5.41, 5.74) is 8.00. The molecule has 0 aliphatic heterocycles. The van der Waals surface area contributed by atoms with Crippen molar-refractivity contribution < 1.29 is 24.0 Å². The maximum absolute atomic E-state index is 11.1. The number of carbonyl (C=O) groups excluding carboxylic acids is 1. The van der Waals surface area contributed by atoms with Gasteiger partial charge in [-0.1, -0.05) is 0 Å². The summed E-state index contributed by atoms with van der Waals surface area (Å²) in [5, 5.41) is 0.996. The van der Waals surface area contributed by atoms with Crippen molar-refractivity contribution in [3.05, 3.63) is 30.0 Å². The van der Waals surface area contributed by atoms with Gasteiger partial charge in [0.15, 0.2) is 6.61 Å². The predicted molar refractivity (Wildman–Crippen MR) is 80.5 cm³/mol. The molecular formula is C15H20N2O5. The van der Waals surface area contributed by atoms with Gasteiger partial charge in [-0.25, -0.2) is 14.6 Å². The summed E-state index contributed by atoms with van der Waals surface area (Å²) in [6, 6.07) is 5.37. The summed E-state index contributed by atoms with van der Waals surface area (Å²) in [6.45, 7) is 0.185. The van der Waals surface area contributed by atoms with Crippen LogP contribution in [0.4, 0.5) is 0 Å². The number of nitrogens with two attached hydrogens (primary N) is 1. The van der Waals surface area contributed by atoms with E-state index in [0.29, 0.717) is 18.8 Å². The molecule has 1 aromatic heterocycles. The topological polar surface area (TPSA) is 95.8 Å². The molecule has 0 radical (unpaired) electrons. The number of nitrogens with one attached hydrogen (secondary N) is 1. The zero-order valence-corrected chi connectivity index (χ0v) is 12.6. The minimum atomic E-state index is -0.423. The van der Waals surface area contributed by atoms with E-state index in [1.807, 2.05) is 18.3 Å². The Morgan fingerprint density at radius 1 is 1.36 bits per heavy atom. The molecule has 0 saturated carbocycles. The first kappa shape index (κ1) is 16.3. The maximum atomic E-state index is 11.1. The summed E-state index contributed by atoms with van der Waals surface area (Å²) in [6.07, 6.45) is 2.53. The molecular weight excluding hydrogens is 288 g/mol. The molecule has 1 unspecified atom stereocenters. The third-order valence-corrected chi connectivity index (χ3v) is 3.21. The fourth-order valence-corrected chi connectivity index (χ4v) is 2.11. The monoisotopic (exact) mass is 308 g/mol. The van der Waals surface area contributed by atoms with Gasteiger partial charge in [-0.05, 0) is 30.2 Å². The predicted octanol–water partition coefficient (Wildman–Crippen LogP) is 1.17. The average Bonchev–Trinajstić information content (AvgIpc) is 2.92. The Bertz CT molecular complexity index is 625. The summed E-state index contributed by atoms with van der Waals surface area (Å²) in [7, 11) is 2.77. The van der Waals surface area contributed by atoms with Gasteiger partial charge in [0.2, 0.25) is 0 Å². The van der Waals surface area contributed by atoms with Crippen molar-refractivity contribution in [3.8, 4) is 5.75 Å². The number of esters is 1. The second-order valence-electron chi connectivity index (χ2n) is 4.80. The smallest absolute Gasteiger partial charge is 0.343 e. The Morgan fingerprint density at radius 3 is 2.91 bits per heavy atom. The highest BCUT2D eigenvalue weighted by Gasteiger charge is 2.11. The number of aromatic amines is 1. The lowest BCUT2D eigenvalue weighted by Gasteiger charge is -2.10. The van der Waals surface area contributed by atoms with Gasteiger partial charge in [0.05, 0.1) is 20.8 Å². The molecule has 2 aromatic rings. The molecule has 0 bridgehead atoms. The van der Waals surface area contributed by atoms with Crippen molar-refractivity contribution in [2.75, 3.05) is 27.4 Å². The molecule has 7 nitrogen and oxygen atoms in total. The fourth-order valence-electron chi connectivity index (χ4n) is 2.11. The molecule has 2 rings (SSSR count). The van der Waals surface area contributed by atoms with Gasteiger partial charge < -0.3 is 20.2 Å². The van der Waals surface area contributed by atoms with E-state index in [0.717, 1.165) is 16.5 Å². The molecule has 0 aliphatic carbocycles.